The van der Waals surface area contributed by atoms with Gasteiger partial charge < -0.3 is 9.47 Å². The predicted octanol–water partition coefficient (Wildman–Crippen LogP) is 1.95. The highest BCUT2D eigenvalue weighted by molar-refractivity contribution is 5.94. The van der Waals surface area contributed by atoms with E-state index in [0.29, 0.717) is 18.8 Å². The molecule has 0 bridgehead atoms. The molecule has 2 aliphatic carbocycles. The standard InChI is InChI=1S/C18H19NO4/c1-19-8-7-18-14-11-3-4-13(21-2)15(14)23-16(18)12(20)9-17(18,6-5-11)10-22-19/h3-6,16H,7-10H2,1-2H3/t16-,17+,18-/m0/s1. The van der Waals surface area contributed by atoms with Crippen LogP contribution in [0.5, 0.6) is 11.5 Å². The average molecular weight is 313 g/mol. The number of hydrogen-bond acceptors (Lipinski definition) is 5. The van der Waals surface area contributed by atoms with Gasteiger partial charge in [0.05, 0.1) is 19.1 Å². The molecule has 0 amide bonds. The van der Waals surface area contributed by atoms with Crippen LogP contribution in [0.15, 0.2) is 18.2 Å². The molecule has 4 aliphatic rings. The Balaban J connectivity index is 1.84. The molecule has 0 radical (unpaired) electrons. The number of hydrogen-bond donors (Lipinski definition) is 0. The van der Waals surface area contributed by atoms with Gasteiger partial charge in [0, 0.05) is 31.0 Å². The molecule has 120 valence electrons. The monoisotopic (exact) mass is 313 g/mol. The summed E-state index contributed by atoms with van der Waals surface area (Å²) in [5.74, 6) is 1.64. The maximum Gasteiger partial charge on any atom is 0.175 e. The zero-order valence-corrected chi connectivity index (χ0v) is 13.3. The van der Waals surface area contributed by atoms with Gasteiger partial charge >= 0.3 is 0 Å². The number of benzene rings is 1. The molecule has 1 saturated heterocycles. The van der Waals surface area contributed by atoms with E-state index in [1.54, 1.807) is 7.11 Å². The molecular formula is C18H19NO4. The highest BCUT2D eigenvalue weighted by Gasteiger charge is 2.71. The molecule has 2 fully saturated rings. The smallest absolute Gasteiger partial charge is 0.175 e. The fraction of sp³-hybridized carbons (Fsp3) is 0.500. The quantitative estimate of drug-likeness (QED) is 0.793. The third kappa shape index (κ3) is 1.39. The Bertz CT molecular complexity index is 758. The molecular weight excluding hydrogens is 294 g/mol. The molecule has 2 heterocycles. The molecule has 5 nitrogen and oxygen atoms in total. The summed E-state index contributed by atoms with van der Waals surface area (Å²) in [6.07, 6.45) is 5.22. The third-order valence-corrected chi connectivity index (χ3v) is 6.12. The van der Waals surface area contributed by atoms with E-state index in [-0.39, 0.29) is 16.6 Å². The maximum absolute atomic E-state index is 12.8. The second kappa shape index (κ2) is 4.16. The van der Waals surface area contributed by atoms with Gasteiger partial charge in [0.1, 0.15) is 0 Å². The van der Waals surface area contributed by atoms with Crippen LogP contribution in [-0.4, -0.2) is 44.3 Å². The van der Waals surface area contributed by atoms with Crippen LogP contribution in [0.4, 0.5) is 0 Å². The van der Waals surface area contributed by atoms with Crippen molar-refractivity contribution in [2.45, 2.75) is 24.4 Å². The molecule has 0 unspecified atom stereocenters. The molecule has 5 rings (SSSR count). The number of nitrogens with zero attached hydrogens (tertiary/aromatic N) is 1. The first-order valence-corrected chi connectivity index (χ1v) is 8.05. The summed E-state index contributed by atoms with van der Waals surface area (Å²) in [6.45, 7) is 1.29. The Morgan fingerprint density at radius 3 is 3.09 bits per heavy atom. The van der Waals surface area contributed by atoms with E-state index in [4.69, 9.17) is 14.3 Å². The number of carbonyl (C=O) groups excluding carboxylic acids is 1. The van der Waals surface area contributed by atoms with Crippen molar-refractivity contribution in [2.75, 3.05) is 27.3 Å². The van der Waals surface area contributed by atoms with Crippen molar-refractivity contribution in [3.8, 4) is 11.5 Å². The van der Waals surface area contributed by atoms with Crippen molar-refractivity contribution in [2.24, 2.45) is 5.41 Å². The molecule has 23 heavy (non-hydrogen) atoms. The van der Waals surface area contributed by atoms with Crippen LogP contribution in [0.2, 0.25) is 0 Å². The van der Waals surface area contributed by atoms with Gasteiger partial charge in [0.25, 0.3) is 0 Å². The topological polar surface area (TPSA) is 48.0 Å². The first-order valence-electron chi connectivity index (χ1n) is 8.05. The summed E-state index contributed by atoms with van der Waals surface area (Å²) in [5, 5.41) is 1.88. The third-order valence-electron chi connectivity index (χ3n) is 6.12. The van der Waals surface area contributed by atoms with Crippen molar-refractivity contribution in [1.82, 2.24) is 5.06 Å². The Kier molecular flexibility index (Phi) is 2.46. The largest absolute Gasteiger partial charge is 0.493 e. The fourth-order valence-electron chi connectivity index (χ4n) is 5.03. The van der Waals surface area contributed by atoms with E-state index in [2.05, 4.69) is 18.2 Å². The van der Waals surface area contributed by atoms with Crippen LogP contribution in [0.3, 0.4) is 0 Å². The van der Waals surface area contributed by atoms with Crippen molar-refractivity contribution in [1.29, 1.82) is 0 Å². The van der Waals surface area contributed by atoms with Crippen LogP contribution >= 0.6 is 0 Å². The van der Waals surface area contributed by atoms with E-state index in [9.17, 15) is 4.79 Å². The van der Waals surface area contributed by atoms with Gasteiger partial charge in [-0.05, 0) is 18.1 Å². The van der Waals surface area contributed by atoms with Gasteiger partial charge in [-0.2, -0.15) is 5.06 Å². The molecule has 2 aliphatic heterocycles. The minimum atomic E-state index is -0.424. The molecule has 1 saturated carbocycles. The van der Waals surface area contributed by atoms with Crippen LogP contribution in [0.25, 0.3) is 6.08 Å². The van der Waals surface area contributed by atoms with Crippen molar-refractivity contribution in [3.63, 3.8) is 0 Å². The van der Waals surface area contributed by atoms with E-state index in [0.717, 1.165) is 29.8 Å². The number of hydroxylamine groups is 2. The Hall–Kier alpha value is -1.85. The second-order valence-electron chi connectivity index (χ2n) is 7.04. The lowest BCUT2D eigenvalue weighted by atomic mass is 9.57. The van der Waals surface area contributed by atoms with Crippen LogP contribution in [-0.2, 0) is 15.0 Å². The fourth-order valence-corrected chi connectivity index (χ4v) is 5.03. The van der Waals surface area contributed by atoms with Gasteiger partial charge in [0.2, 0.25) is 0 Å². The van der Waals surface area contributed by atoms with Crippen LogP contribution < -0.4 is 9.47 Å². The first kappa shape index (κ1) is 13.6. The summed E-state index contributed by atoms with van der Waals surface area (Å²) in [4.78, 5) is 18.7. The summed E-state index contributed by atoms with van der Waals surface area (Å²) < 4.78 is 11.7. The van der Waals surface area contributed by atoms with Crippen molar-refractivity contribution in [3.05, 3.63) is 29.3 Å². The van der Waals surface area contributed by atoms with E-state index < -0.39 is 6.10 Å². The molecule has 1 aromatic rings. The summed E-state index contributed by atoms with van der Waals surface area (Å²) in [5.41, 5.74) is 1.64. The number of ketones is 1. The van der Waals surface area contributed by atoms with Gasteiger partial charge in [-0.1, -0.05) is 18.2 Å². The van der Waals surface area contributed by atoms with Crippen molar-refractivity contribution < 1.29 is 19.1 Å². The predicted molar refractivity (Wildman–Crippen MR) is 83.4 cm³/mol. The highest BCUT2D eigenvalue weighted by Crippen LogP contribution is 2.67. The number of carbonyl (C=O) groups is 1. The SMILES string of the molecule is COc1ccc2c3c1O[C@H]1C(=O)C[C@]4(C=C2)CON(C)CC[C@]314. The number of methoxy groups -OCH3 is 1. The molecule has 1 spiro atoms. The number of ether oxygens (including phenoxy) is 2. The van der Waals surface area contributed by atoms with E-state index in [1.807, 2.05) is 18.2 Å². The molecule has 3 atom stereocenters. The van der Waals surface area contributed by atoms with Gasteiger partial charge in [-0.3, -0.25) is 9.63 Å². The zero-order valence-electron chi connectivity index (χ0n) is 13.3. The van der Waals surface area contributed by atoms with Crippen molar-refractivity contribution >= 4 is 11.9 Å². The Morgan fingerprint density at radius 2 is 2.26 bits per heavy atom. The molecule has 0 aromatic heterocycles. The number of Topliss-reactive ketones (excluding diaryl/α,β-unsaturated/α-hetero) is 1. The molecule has 1 aromatic carbocycles. The first-order chi connectivity index (χ1) is 11.1. The summed E-state index contributed by atoms with van der Waals surface area (Å²) in [6, 6.07) is 3.99. The summed E-state index contributed by atoms with van der Waals surface area (Å²) in [7, 11) is 3.60. The van der Waals surface area contributed by atoms with Crippen LogP contribution in [0, 0.1) is 5.41 Å². The van der Waals surface area contributed by atoms with Gasteiger partial charge in [-0.15, -0.1) is 0 Å². The highest BCUT2D eigenvalue weighted by atomic mass is 16.7. The lowest BCUT2D eigenvalue weighted by molar-refractivity contribution is -0.150. The maximum atomic E-state index is 12.8. The number of rotatable bonds is 1. The normalized spacial score (nSPS) is 37.1. The van der Waals surface area contributed by atoms with Gasteiger partial charge in [0.15, 0.2) is 23.4 Å². The zero-order chi connectivity index (χ0) is 15.8. The minimum absolute atomic E-state index is 0.175. The van der Waals surface area contributed by atoms with E-state index in [1.165, 1.54) is 0 Å². The van der Waals surface area contributed by atoms with Gasteiger partial charge in [-0.25, -0.2) is 0 Å². The van der Waals surface area contributed by atoms with Crippen LogP contribution in [0.1, 0.15) is 24.0 Å². The Morgan fingerprint density at radius 1 is 1.39 bits per heavy atom. The minimum Gasteiger partial charge on any atom is -0.493 e. The summed E-state index contributed by atoms with van der Waals surface area (Å²) >= 11 is 0. The second-order valence-corrected chi connectivity index (χ2v) is 7.04. The lowest BCUT2D eigenvalue weighted by Crippen LogP contribution is -2.49. The molecule has 0 N–H and O–H groups in total. The Labute approximate surface area is 134 Å². The lowest BCUT2D eigenvalue weighted by Gasteiger charge is -2.43. The molecule has 5 heteroatoms. The average Bonchev–Trinajstić information content (AvgIpc) is 2.97. The van der Waals surface area contributed by atoms with E-state index >= 15 is 0 Å².